The van der Waals surface area contributed by atoms with E-state index in [1.165, 1.54) is 12.1 Å². The van der Waals surface area contributed by atoms with Gasteiger partial charge in [0.15, 0.2) is 0 Å². The van der Waals surface area contributed by atoms with Gasteiger partial charge in [-0.2, -0.15) is 5.26 Å². The Morgan fingerprint density at radius 3 is 2.62 bits per heavy atom. The van der Waals surface area contributed by atoms with Gasteiger partial charge >= 0.3 is 0 Å². The molecule has 0 fully saturated rings. The number of nitriles is 1. The summed E-state index contributed by atoms with van der Waals surface area (Å²) in [5.74, 6) is -2.73. The zero-order chi connectivity index (χ0) is 15.6. The molecular formula is C14H6BrClF2N2O. The number of hydrogen-bond acceptors (Lipinski definition) is 2. The first kappa shape index (κ1) is 15.4. The minimum Gasteiger partial charge on any atom is -0.321 e. The molecule has 3 nitrogen and oxygen atoms in total. The Morgan fingerprint density at radius 1 is 1.24 bits per heavy atom. The maximum absolute atomic E-state index is 13.7. The predicted molar refractivity (Wildman–Crippen MR) is 78.2 cm³/mol. The SMILES string of the molecule is N#Cc1ccc(Br)cc1NC(=O)c1cc(F)c(Cl)cc1F. The summed E-state index contributed by atoms with van der Waals surface area (Å²) in [4.78, 5) is 12.0. The van der Waals surface area contributed by atoms with Crippen LogP contribution >= 0.6 is 27.5 Å². The Balaban J connectivity index is 2.37. The van der Waals surface area contributed by atoms with Crippen LogP contribution in [0.2, 0.25) is 5.02 Å². The van der Waals surface area contributed by atoms with E-state index in [1.54, 1.807) is 6.07 Å². The van der Waals surface area contributed by atoms with Crippen molar-refractivity contribution in [1.82, 2.24) is 0 Å². The predicted octanol–water partition coefficient (Wildman–Crippen LogP) is 4.50. The third-order valence-corrected chi connectivity index (χ3v) is 3.39. The van der Waals surface area contributed by atoms with Gasteiger partial charge in [-0.25, -0.2) is 8.78 Å². The molecule has 2 aromatic rings. The van der Waals surface area contributed by atoms with Crippen LogP contribution in [-0.4, -0.2) is 5.91 Å². The largest absolute Gasteiger partial charge is 0.321 e. The number of anilines is 1. The van der Waals surface area contributed by atoms with E-state index in [9.17, 15) is 13.6 Å². The quantitative estimate of drug-likeness (QED) is 0.790. The summed E-state index contributed by atoms with van der Waals surface area (Å²) in [7, 11) is 0. The van der Waals surface area contributed by atoms with E-state index in [1.807, 2.05) is 6.07 Å². The Hall–Kier alpha value is -1.97. The lowest BCUT2D eigenvalue weighted by molar-refractivity contribution is 0.102. The number of halogens is 4. The average molecular weight is 372 g/mol. The monoisotopic (exact) mass is 370 g/mol. The lowest BCUT2D eigenvalue weighted by Gasteiger charge is -2.09. The number of nitrogens with zero attached hydrogens (tertiary/aromatic N) is 1. The van der Waals surface area contributed by atoms with Crippen molar-refractivity contribution in [3.63, 3.8) is 0 Å². The van der Waals surface area contributed by atoms with Gasteiger partial charge in [-0.1, -0.05) is 27.5 Å². The molecule has 0 aliphatic rings. The fourth-order valence-corrected chi connectivity index (χ4v) is 2.12. The second-order valence-electron chi connectivity index (χ2n) is 4.00. The summed E-state index contributed by atoms with van der Waals surface area (Å²) in [6.07, 6.45) is 0. The molecular weight excluding hydrogens is 366 g/mol. The van der Waals surface area contributed by atoms with Crippen molar-refractivity contribution in [2.24, 2.45) is 0 Å². The van der Waals surface area contributed by atoms with Crippen molar-refractivity contribution in [2.75, 3.05) is 5.32 Å². The van der Waals surface area contributed by atoms with E-state index in [0.717, 1.165) is 6.07 Å². The first-order valence-electron chi connectivity index (χ1n) is 5.58. The van der Waals surface area contributed by atoms with Crippen molar-refractivity contribution in [3.8, 4) is 6.07 Å². The molecule has 0 heterocycles. The van der Waals surface area contributed by atoms with Crippen molar-refractivity contribution in [3.05, 3.63) is 62.6 Å². The van der Waals surface area contributed by atoms with Crippen LogP contribution in [0.4, 0.5) is 14.5 Å². The van der Waals surface area contributed by atoms with Crippen molar-refractivity contribution in [1.29, 1.82) is 5.26 Å². The standard InChI is InChI=1S/C14H6BrClF2N2O/c15-8-2-1-7(6-19)13(3-8)20-14(21)9-4-12(18)10(16)5-11(9)17/h1-5H,(H,20,21). The number of rotatable bonds is 2. The Bertz CT molecular complexity index is 774. The van der Waals surface area contributed by atoms with Crippen LogP contribution in [0.5, 0.6) is 0 Å². The summed E-state index contributed by atoms with van der Waals surface area (Å²) >= 11 is 8.62. The molecule has 0 unspecified atom stereocenters. The molecule has 0 bridgehead atoms. The van der Waals surface area contributed by atoms with Gasteiger partial charge in [0.25, 0.3) is 5.91 Å². The average Bonchev–Trinajstić information content (AvgIpc) is 2.43. The molecule has 0 aromatic heterocycles. The normalized spacial score (nSPS) is 10.0. The van der Waals surface area contributed by atoms with Crippen LogP contribution in [0.25, 0.3) is 0 Å². The Morgan fingerprint density at radius 2 is 1.95 bits per heavy atom. The van der Waals surface area contributed by atoms with Gasteiger partial charge in [-0.3, -0.25) is 4.79 Å². The summed E-state index contributed by atoms with van der Waals surface area (Å²) in [6.45, 7) is 0. The molecule has 21 heavy (non-hydrogen) atoms. The number of amides is 1. The summed E-state index contributed by atoms with van der Waals surface area (Å²) in [5, 5.41) is 10.9. The van der Waals surface area contributed by atoms with Crippen LogP contribution in [0.3, 0.4) is 0 Å². The lowest BCUT2D eigenvalue weighted by Crippen LogP contribution is -2.15. The van der Waals surface area contributed by atoms with E-state index >= 15 is 0 Å². The van der Waals surface area contributed by atoms with Crippen LogP contribution in [0, 0.1) is 23.0 Å². The second-order valence-corrected chi connectivity index (χ2v) is 5.32. The summed E-state index contributed by atoms with van der Waals surface area (Å²) in [5.41, 5.74) is -0.117. The fourth-order valence-electron chi connectivity index (χ4n) is 1.60. The highest BCUT2D eigenvalue weighted by Gasteiger charge is 2.17. The molecule has 0 saturated carbocycles. The molecule has 0 radical (unpaired) electrons. The van der Waals surface area contributed by atoms with Gasteiger partial charge in [0.05, 0.1) is 21.8 Å². The highest BCUT2D eigenvalue weighted by Crippen LogP contribution is 2.23. The first-order chi connectivity index (χ1) is 9.92. The summed E-state index contributed by atoms with van der Waals surface area (Å²) < 4.78 is 27.6. The molecule has 0 atom stereocenters. The first-order valence-corrected chi connectivity index (χ1v) is 6.75. The molecule has 0 aliphatic heterocycles. The number of nitrogens with one attached hydrogen (secondary N) is 1. The second kappa shape index (κ2) is 6.20. The van der Waals surface area contributed by atoms with Crippen molar-refractivity contribution in [2.45, 2.75) is 0 Å². The van der Waals surface area contributed by atoms with Gasteiger partial charge in [0, 0.05) is 4.47 Å². The topological polar surface area (TPSA) is 52.9 Å². The zero-order valence-electron chi connectivity index (χ0n) is 10.3. The lowest BCUT2D eigenvalue weighted by atomic mass is 10.1. The molecule has 0 saturated heterocycles. The van der Waals surface area contributed by atoms with E-state index < -0.39 is 28.1 Å². The Kier molecular flexibility index (Phi) is 4.56. The van der Waals surface area contributed by atoms with Crippen molar-refractivity contribution >= 4 is 39.1 Å². The fraction of sp³-hybridized carbons (Fsp3) is 0. The van der Waals surface area contributed by atoms with Gasteiger partial charge in [0.2, 0.25) is 0 Å². The van der Waals surface area contributed by atoms with Gasteiger partial charge in [-0.15, -0.1) is 0 Å². The van der Waals surface area contributed by atoms with Gasteiger partial charge < -0.3 is 5.32 Å². The smallest absolute Gasteiger partial charge is 0.258 e. The Labute approximate surface area is 132 Å². The molecule has 2 aromatic carbocycles. The van der Waals surface area contributed by atoms with Gasteiger partial charge in [0.1, 0.15) is 17.7 Å². The van der Waals surface area contributed by atoms with Crippen molar-refractivity contribution < 1.29 is 13.6 Å². The third-order valence-electron chi connectivity index (χ3n) is 2.60. The molecule has 0 aliphatic carbocycles. The maximum atomic E-state index is 13.7. The highest BCUT2D eigenvalue weighted by atomic mass is 79.9. The van der Waals surface area contributed by atoms with Crippen LogP contribution < -0.4 is 5.32 Å². The molecule has 1 N–H and O–H groups in total. The third kappa shape index (κ3) is 3.38. The van der Waals surface area contributed by atoms with Crippen LogP contribution in [-0.2, 0) is 0 Å². The highest BCUT2D eigenvalue weighted by molar-refractivity contribution is 9.10. The molecule has 0 spiro atoms. The summed E-state index contributed by atoms with van der Waals surface area (Å²) in [6, 6.07) is 7.91. The van der Waals surface area contributed by atoms with E-state index in [2.05, 4.69) is 21.2 Å². The molecule has 2 rings (SSSR count). The molecule has 7 heteroatoms. The minimum absolute atomic E-state index is 0.187. The van der Waals surface area contributed by atoms with Gasteiger partial charge in [-0.05, 0) is 30.3 Å². The van der Waals surface area contributed by atoms with Crippen LogP contribution in [0.15, 0.2) is 34.8 Å². The van der Waals surface area contributed by atoms with E-state index in [4.69, 9.17) is 16.9 Å². The van der Waals surface area contributed by atoms with Crippen LogP contribution in [0.1, 0.15) is 15.9 Å². The molecule has 1 amide bonds. The zero-order valence-corrected chi connectivity index (χ0v) is 12.6. The van der Waals surface area contributed by atoms with E-state index in [-0.39, 0.29) is 11.3 Å². The number of carbonyl (C=O) groups excluding carboxylic acids is 1. The number of benzene rings is 2. The minimum atomic E-state index is -0.951. The molecule has 106 valence electrons. The maximum Gasteiger partial charge on any atom is 0.258 e. The number of carbonyl (C=O) groups is 1. The van der Waals surface area contributed by atoms with E-state index in [0.29, 0.717) is 10.5 Å². The number of hydrogen-bond donors (Lipinski definition) is 1.